The van der Waals surface area contributed by atoms with Gasteiger partial charge in [0.25, 0.3) is 0 Å². The summed E-state index contributed by atoms with van der Waals surface area (Å²) in [5.41, 5.74) is 0. The summed E-state index contributed by atoms with van der Waals surface area (Å²) in [4.78, 5) is 10.9. The van der Waals surface area contributed by atoms with Crippen LogP contribution in [-0.2, 0) is 34.6 Å². The molecule has 0 fully saturated rings. The van der Waals surface area contributed by atoms with Crippen LogP contribution < -0.4 is 0 Å². The quantitative estimate of drug-likeness (QED) is 0.473. The van der Waals surface area contributed by atoms with Crippen molar-refractivity contribution in [3.8, 4) is 0 Å². The normalized spacial score (nSPS) is 12.1. The maximum Gasteiger partial charge on any atom is 0.305 e. The average molecular weight is 236 g/mol. The fourth-order valence-electron chi connectivity index (χ4n) is 0.750. The van der Waals surface area contributed by atoms with Crippen molar-refractivity contribution in [3.63, 3.8) is 0 Å². The maximum absolute atomic E-state index is 10.9. The Hall–Kier alpha value is -0.260. The van der Waals surface area contributed by atoms with E-state index in [1.165, 1.54) is 0 Å². The Kier molecular flexibility index (Phi) is 9.13. The molecule has 0 spiro atoms. The second-order valence-corrected chi connectivity index (χ2v) is 4.86. The summed E-state index contributed by atoms with van der Waals surface area (Å²) in [5.74, 6) is 0.561. The molecule has 0 rings (SSSR count). The lowest BCUT2D eigenvalue weighted by atomic mass is 10.3. The fourth-order valence-corrected chi connectivity index (χ4v) is 2.02. The van der Waals surface area contributed by atoms with Gasteiger partial charge in [-0.2, -0.15) is 0 Å². The summed E-state index contributed by atoms with van der Waals surface area (Å²) in [6.45, 7) is 6.23. The largest absolute Gasteiger partial charge is 0.466 e. The van der Waals surface area contributed by atoms with E-state index in [0.717, 1.165) is 12.2 Å². The van der Waals surface area contributed by atoms with Gasteiger partial charge < -0.3 is 8.92 Å². The van der Waals surface area contributed by atoms with Crippen LogP contribution >= 0.6 is 0 Å². The van der Waals surface area contributed by atoms with Crippen molar-refractivity contribution >= 4 is 26.9 Å². The van der Waals surface area contributed by atoms with E-state index in [9.17, 15) is 4.79 Å². The van der Waals surface area contributed by atoms with Gasteiger partial charge >= 0.3 is 5.97 Å². The highest BCUT2D eigenvalue weighted by Crippen LogP contribution is 1.97. The molecule has 0 heterocycles. The maximum atomic E-state index is 10.9. The SMILES string of the molecule is C=CCOS(=S)CCCC(=O)OCC. The van der Waals surface area contributed by atoms with Crippen LogP contribution in [0.5, 0.6) is 0 Å². The summed E-state index contributed by atoms with van der Waals surface area (Å²) < 4.78 is 9.98. The van der Waals surface area contributed by atoms with E-state index in [4.69, 9.17) is 20.1 Å². The van der Waals surface area contributed by atoms with E-state index in [0.29, 0.717) is 19.6 Å². The number of esters is 1. The summed E-state index contributed by atoms with van der Waals surface area (Å²) in [6.07, 6.45) is 2.81. The van der Waals surface area contributed by atoms with E-state index < -0.39 is 9.74 Å². The molecule has 3 nitrogen and oxygen atoms in total. The number of hydrogen-bond donors (Lipinski definition) is 0. The first-order valence-corrected chi connectivity index (χ1v) is 6.73. The van der Waals surface area contributed by atoms with Gasteiger partial charge in [0, 0.05) is 21.9 Å². The molecule has 0 saturated carbocycles. The molecule has 0 aromatic heterocycles. The van der Waals surface area contributed by atoms with Crippen LogP contribution in [0.3, 0.4) is 0 Å². The molecule has 0 aliphatic carbocycles. The Balaban J connectivity index is 3.39. The zero-order valence-electron chi connectivity index (χ0n) is 8.36. The van der Waals surface area contributed by atoms with Crippen molar-refractivity contribution in [2.45, 2.75) is 19.8 Å². The molecular formula is C9H16O3S2. The number of hydrogen-bond acceptors (Lipinski definition) is 4. The van der Waals surface area contributed by atoms with Gasteiger partial charge in [-0.05, 0) is 24.5 Å². The molecule has 1 unspecified atom stereocenters. The third-order valence-corrected chi connectivity index (χ3v) is 3.12. The number of ether oxygens (including phenoxy) is 1. The Bertz CT molecular complexity index is 204. The Morgan fingerprint density at radius 1 is 1.64 bits per heavy atom. The van der Waals surface area contributed by atoms with Gasteiger partial charge in [-0.15, -0.1) is 6.58 Å². The lowest BCUT2D eigenvalue weighted by molar-refractivity contribution is -0.143. The van der Waals surface area contributed by atoms with Crippen molar-refractivity contribution < 1.29 is 13.7 Å². The molecular weight excluding hydrogens is 220 g/mol. The summed E-state index contributed by atoms with van der Waals surface area (Å²) in [6, 6.07) is 0. The van der Waals surface area contributed by atoms with Gasteiger partial charge in [-0.25, -0.2) is 0 Å². The lowest BCUT2D eigenvalue weighted by Crippen LogP contribution is -2.07. The van der Waals surface area contributed by atoms with Crippen molar-refractivity contribution in [1.29, 1.82) is 0 Å². The zero-order valence-corrected chi connectivity index (χ0v) is 9.99. The first-order valence-electron chi connectivity index (χ1n) is 4.48. The number of carbonyl (C=O) groups excluding carboxylic acids is 1. The van der Waals surface area contributed by atoms with Crippen LogP contribution in [0.4, 0.5) is 0 Å². The van der Waals surface area contributed by atoms with Gasteiger partial charge in [-0.1, -0.05) is 6.08 Å². The molecule has 0 aliphatic heterocycles. The Labute approximate surface area is 92.3 Å². The predicted octanol–water partition coefficient (Wildman–Crippen LogP) is 1.53. The minimum atomic E-state index is -0.486. The smallest absolute Gasteiger partial charge is 0.305 e. The second-order valence-electron chi connectivity index (χ2n) is 2.49. The van der Waals surface area contributed by atoms with Crippen LogP contribution in [0.15, 0.2) is 12.7 Å². The zero-order chi connectivity index (χ0) is 10.8. The molecule has 0 aromatic rings. The highest BCUT2D eigenvalue weighted by atomic mass is 32.8. The van der Waals surface area contributed by atoms with Crippen LogP contribution in [0, 0.1) is 0 Å². The van der Waals surface area contributed by atoms with E-state index in [2.05, 4.69) is 6.58 Å². The Morgan fingerprint density at radius 2 is 2.36 bits per heavy atom. The van der Waals surface area contributed by atoms with E-state index in [-0.39, 0.29) is 5.97 Å². The number of carbonyl (C=O) groups is 1. The minimum absolute atomic E-state index is 0.164. The monoisotopic (exact) mass is 236 g/mol. The minimum Gasteiger partial charge on any atom is -0.466 e. The van der Waals surface area contributed by atoms with Crippen LogP contribution in [0.25, 0.3) is 0 Å². The molecule has 14 heavy (non-hydrogen) atoms. The molecule has 0 aromatic carbocycles. The van der Waals surface area contributed by atoms with Crippen molar-refractivity contribution in [2.24, 2.45) is 0 Å². The molecule has 0 N–H and O–H groups in total. The molecule has 0 aliphatic rings. The summed E-state index contributed by atoms with van der Waals surface area (Å²) in [5, 5.41) is 0. The van der Waals surface area contributed by atoms with E-state index in [1.54, 1.807) is 13.0 Å². The summed E-state index contributed by atoms with van der Waals surface area (Å²) >= 11 is 5.03. The van der Waals surface area contributed by atoms with Gasteiger partial charge in [0.05, 0.1) is 13.2 Å². The molecule has 1 atom stereocenters. The Morgan fingerprint density at radius 3 is 2.93 bits per heavy atom. The lowest BCUT2D eigenvalue weighted by Gasteiger charge is -2.04. The topological polar surface area (TPSA) is 35.5 Å². The van der Waals surface area contributed by atoms with Crippen molar-refractivity contribution in [2.75, 3.05) is 19.0 Å². The highest BCUT2D eigenvalue weighted by Gasteiger charge is 2.02. The van der Waals surface area contributed by atoms with Crippen LogP contribution in [0.1, 0.15) is 19.8 Å². The first kappa shape index (κ1) is 13.7. The highest BCUT2D eigenvalue weighted by molar-refractivity contribution is 8.26. The standard InChI is InChI=1S/C9H16O3S2/c1-3-7-12-14(13)8-5-6-9(10)11-4-2/h3H,1,4-8H2,2H3. The van der Waals surface area contributed by atoms with Crippen molar-refractivity contribution in [3.05, 3.63) is 12.7 Å². The third-order valence-electron chi connectivity index (χ3n) is 1.31. The summed E-state index contributed by atoms with van der Waals surface area (Å²) in [7, 11) is -0.486. The molecule has 82 valence electrons. The molecule has 0 saturated heterocycles. The van der Waals surface area contributed by atoms with E-state index >= 15 is 0 Å². The molecule has 0 bridgehead atoms. The van der Waals surface area contributed by atoms with Crippen LogP contribution in [-0.4, -0.2) is 24.9 Å². The van der Waals surface area contributed by atoms with Crippen molar-refractivity contribution in [1.82, 2.24) is 0 Å². The predicted molar refractivity (Wildman–Crippen MR) is 61.6 cm³/mol. The average Bonchev–Trinajstić information content (AvgIpc) is 2.15. The van der Waals surface area contributed by atoms with Gasteiger partial charge in [0.2, 0.25) is 0 Å². The second kappa shape index (κ2) is 9.30. The van der Waals surface area contributed by atoms with Gasteiger partial charge in [0.1, 0.15) is 0 Å². The fraction of sp³-hybridized carbons (Fsp3) is 0.667. The van der Waals surface area contributed by atoms with E-state index in [1.807, 2.05) is 0 Å². The number of rotatable bonds is 8. The van der Waals surface area contributed by atoms with Gasteiger partial charge in [0.15, 0.2) is 0 Å². The molecule has 0 radical (unpaired) electrons. The molecule has 0 amide bonds. The first-order chi connectivity index (χ1) is 6.70. The molecule has 5 heteroatoms. The van der Waals surface area contributed by atoms with Crippen LogP contribution in [0.2, 0.25) is 0 Å². The third kappa shape index (κ3) is 8.34. The van der Waals surface area contributed by atoms with Gasteiger partial charge in [-0.3, -0.25) is 4.79 Å².